The van der Waals surface area contributed by atoms with Crippen LogP contribution in [0.4, 0.5) is 0 Å². The van der Waals surface area contributed by atoms with Crippen molar-refractivity contribution in [1.82, 2.24) is 9.88 Å². The van der Waals surface area contributed by atoms with Crippen molar-refractivity contribution in [2.75, 3.05) is 7.11 Å². The van der Waals surface area contributed by atoms with E-state index >= 15 is 0 Å². The number of Topliss-reactive ketones (excluding diaryl/α,β-unsaturated/α-hetero) is 1. The number of phenols is 1. The fraction of sp³-hybridized carbons (Fsp3) is 0.222. The zero-order chi connectivity index (χ0) is 25.6. The minimum atomic E-state index is -0.931. The van der Waals surface area contributed by atoms with Crippen LogP contribution in [-0.4, -0.2) is 45.0 Å². The molecule has 0 spiro atoms. The summed E-state index contributed by atoms with van der Waals surface area (Å²) in [5.41, 5.74) is 2.50. The van der Waals surface area contributed by atoms with Gasteiger partial charge in [0.1, 0.15) is 17.6 Å². The van der Waals surface area contributed by atoms with Crippen LogP contribution < -0.4 is 9.47 Å². The van der Waals surface area contributed by atoms with Crippen molar-refractivity contribution in [3.63, 3.8) is 0 Å². The van der Waals surface area contributed by atoms with Crippen molar-refractivity contribution in [3.8, 4) is 17.2 Å². The predicted molar refractivity (Wildman–Crippen MR) is 135 cm³/mol. The number of methoxy groups -OCH3 is 1. The molecule has 0 bridgehead atoms. The number of carbonyl (C=O) groups excluding carboxylic acids is 2. The van der Waals surface area contributed by atoms with E-state index in [0.29, 0.717) is 22.0 Å². The van der Waals surface area contributed by atoms with E-state index in [4.69, 9.17) is 9.47 Å². The summed E-state index contributed by atoms with van der Waals surface area (Å²) in [5.74, 6) is -1.04. The highest BCUT2D eigenvalue weighted by molar-refractivity contribution is 9.10. The lowest BCUT2D eigenvalue weighted by molar-refractivity contribution is -0.140. The Morgan fingerprint density at radius 1 is 1.25 bits per heavy atom. The number of phenolic OH excluding ortho intramolecular Hbond substituents is 1. The van der Waals surface area contributed by atoms with Crippen molar-refractivity contribution in [2.45, 2.75) is 32.0 Å². The second-order valence-corrected chi connectivity index (χ2v) is 9.65. The van der Waals surface area contributed by atoms with Gasteiger partial charge in [-0.1, -0.05) is 6.07 Å². The largest absolute Gasteiger partial charge is 0.507 e. The first-order valence-electron chi connectivity index (χ1n) is 11.3. The van der Waals surface area contributed by atoms with E-state index in [9.17, 15) is 19.8 Å². The van der Waals surface area contributed by atoms with Crippen molar-refractivity contribution < 1.29 is 29.3 Å². The molecule has 1 fully saturated rings. The monoisotopic (exact) mass is 550 g/mol. The molecule has 9 heteroatoms. The molecule has 2 unspecified atom stereocenters. The Morgan fingerprint density at radius 2 is 2.06 bits per heavy atom. The number of aliphatic hydroxyl groups is 1. The van der Waals surface area contributed by atoms with E-state index in [-0.39, 0.29) is 35.5 Å². The molecule has 0 saturated carbocycles. The molecule has 36 heavy (non-hydrogen) atoms. The first-order valence-corrected chi connectivity index (χ1v) is 12.1. The predicted octanol–water partition coefficient (Wildman–Crippen LogP) is 4.50. The Hall–Kier alpha value is -3.85. The van der Waals surface area contributed by atoms with E-state index in [1.165, 1.54) is 12.0 Å². The Morgan fingerprint density at radius 3 is 2.78 bits per heavy atom. The number of aromatic nitrogens is 1. The molecule has 0 radical (unpaired) electrons. The molecular formula is C27H23BrN2O6. The second-order valence-electron chi connectivity index (χ2n) is 8.80. The van der Waals surface area contributed by atoms with E-state index in [2.05, 4.69) is 20.9 Å². The summed E-state index contributed by atoms with van der Waals surface area (Å²) in [5, 5.41) is 21.7. The topological polar surface area (TPSA) is 109 Å². The van der Waals surface area contributed by atoms with E-state index < -0.39 is 17.7 Å². The number of ether oxygens (including phenoxy) is 2. The maximum atomic E-state index is 13.4. The highest BCUT2D eigenvalue weighted by Gasteiger charge is 2.46. The number of aromatic hydroxyl groups is 1. The number of nitrogens with zero attached hydrogens (tertiary/aromatic N) is 2. The van der Waals surface area contributed by atoms with Crippen LogP contribution in [-0.2, 0) is 22.6 Å². The molecule has 1 saturated heterocycles. The summed E-state index contributed by atoms with van der Waals surface area (Å²) in [7, 11) is 1.41. The molecule has 1 aromatic heterocycles. The summed E-state index contributed by atoms with van der Waals surface area (Å²) in [6, 6.07) is 11.0. The van der Waals surface area contributed by atoms with Crippen molar-refractivity contribution in [2.24, 2.45) is 0 Å². The molecule has 184 valence electrons. The summed E-state index contributed by atoms with van der Waals surface area (Å²) in [6.07, 6.45) is 3.93. The van der Waals surface area contributed by atoms with Gasteiger partial charge in [-0.05, 0) is 75.9 Å². The summed E-state index contributed by atoms with van der Waals surface area (Å²) < 4.78 is 11.4. The lowest BCUT2D eigenvalue weighted by Crippen LogP contribution is -2.29. The third kappa shape index (κ3) is 4.09. The van der Waals surface area contributed by atoms with Crippen LogP contribution in [0.2, 0.25) is 0 Å². The van der Waals surface area contributed by atoms with Crippen LogP contribution in [0, 0.1) is 0 Å². The number of hydrogen-bond donors (Lipinski definition) is 2. The summed E-state index contributed by atoms with van der Waals surface area (Å²) in [4.78, 5) is 32.1. The smallest absolute Gasteiger partial charge is 0.295 e. The Bertz CT molecular complexity index is 1400. The van der Waals surface area contributed by atoms with Crippen LogP contribution in [0.25, 0.3) is 5.76 Å². The number of rotatable bonds is 5. The summed E-state index contributed by atoms with van der Waals surface area (Å²) in [6.45, 7) is 2.05. The van der Waals surface area contributed by atoms with Gasteiger partial charge in [0.2, 0.25) is 0 Å². The Balaban J connectivity index is 1.68. The molecular weight excluding hydrogens is 528 g/mol. The third-order valence-corrected chi connectivity index (χ3v) is 6.98. The van der Waals surface area contributed by atoms with Gasteiger partial charge in [0.15, 0.2) is 11.5 Å². The maximum absolute atomic E-state index is 13.4. The van der Waals surface area contributed by atoms with Gasteiger partial charge in [0, 0.05) is 30.9 Å². The first-order chi connectivity index (χ1) is 17.3. The van der Waals surface area contributed by atoms with Gasteiger partial charge >= 0.3 is 0 Å². The van der Waals surface area contributed by atoms with Crippen LogP contribution >= 0.6 is 15.9 Å². The number of amides is 1. The second kappa shape index (κ2) is 9.31. The van der Waals surface area contributed by atoms with Gasteiger partial charge in [-0.15, -0.1) is 0 Å². The van der Waals surface area contributed by atoms with Gasteiger partial charge in [-0.3, -0.25) is 14.6 Å². The molecule has 2 aliphatic heterocycles. The standard InChI is InChI=1S/C27H23BrN2O6/c1-14-8-17-9-16(5-6-20(17)36-14)24(31)22-23(18-10-19(28)25(32)21(11-18)35-2)30(27(34)26(22)33)13-15-4-3-7-29-12-15/h3-7,9-12,14,23,31-32H,8,13H2,1-2H3/b24-22-. The van der Waals surface area contributed by atoms with Gasteiger partial charge in [0.05, 0.1) is 23.2 Å². The molecule has 2 aliphatic rings. The number of halogens is 1. The quantitative estimate of drug-likeness (QED) is 0.273. The van der Waals surface area contributed by atoms with Crippen LogP contribution in [0.3, 0.4) is 0 Å². The normalized spacial score (nSPS) is 20.4. The minimum absolute atomic E-state index is 0.0178. The lowest BCUT2D eigenvalue weighted by atomic mass is 9.94. The highest BCUT2D eigenvalue weighted by atomic mass is 79.9. The van der Waals surface area contributed by atoms with Gasteiger partial charge < -0.3 is 24.6 Å². The third-order valence-electron chi connectivity index (χ3n) is 6.37. The van der Waals surface area contributed by atoms with Crippen LogP contribution in [0.5, 0.6) is 17.2 Å². The number of carbonyl (C=O) groups is 2. The molecule has 3 heterocycles. The molecule has 2 atom stereocenters. The van der Waals surface area contributed by atoms with Crippen LogP contribution in [0.15, 0.2) is 64.9 Å². The number of ketones is 1. The molecule has 8 nitrogen and oxygen atoms in total. The van der Waals surface area contributed by atoms with Gasteiger partial charge in [-0.25, -0.2) is 0 Å². The fourth-order valence-electron chi connectivity index (χ4n) is 4.71. The number of likely N-dealkylation sites (tertiary alicyclic amines) is 1. The maximum Gasteiger partial charge on any atom is 0.295 e. The summed E-state index contributed by atoms with van der Waals surface area (Å²) >= 11 is 3.32. The molecule has 5 rings (SSSR count). The lowest BCUT2D eigenvalue weighted by Gasteiger charge is -2.26. The number of benzene rings is 2. The highest BCUT2D eigenvalue weighted by Crippen LogP contribution is 2.45. The van der Waals surface area contributed by atoms with Crippen molar-refractivity contribution >= 4 is 33.4 Å². The van der Waals surface area contributed by atoms with Gasteiger partial charge in [-0.2, -0.15) is 0 Å². The average molecular weight is 551 g/mol. The fourth-order valence-corrected chi connectivity index (χ4v) is 5.17. The van der Waals surface area contributed by atoms with E-state index in [1.807, 2.05) is 6.92 Å². The molecule has 1 amide bonds. The molecule has 2 aromatic carbocycles. The average Bonchev–Trinajstić information content (AvgIpc) is 3.37. The number of fused-ring (bicyclic) bond motifs is 1. The number of hydrogen-bond acceptors (Lipinski definition) is 7. The van der Waals surface area contributed by atoms with Crippen LogP contribution in [0.1, 0.15) is 35.2 Å². The SMILES string of the molecule is COc1cc(C2/C(=C(/O)c3ccc4c(c3)CC(C)O4)C(=O)C(=O)N2Cc2cccnc2)cc(Br)c1O. The van der Waals surface area contributed by atoms with E-state index in [1.54, 1.807) is 54.9 Å². The zero-order valence-electron chi connectivity index (χ0n) is 19.6. The van der Waals surface area contributed by atoms with Crippen molar-refractivity contribution in [1.29, 1.82) is 0 Å². The zero-order valence-corrected chi connectivity index (χ0v) is 21.2. The van der Waals surface area contributed by atoms with E-state index in [0.717, 1.165) is 16.9 Å². The molecule has 3 aromatic rings. The molecule has 0 aliphatic carbocycles. The number of aliphatic hydroxyl groups excluding tert-OH is 1. The molecule has 2 N–H and O–H groups in total. The van der Waals surface area contributed by atoms with Crippen molar-refractivity contribution in [3.05, 3.63) is 87.2 Å². The Labute approximate surface area is 215 Å². The minimum Gasteiger partial charge on any atom is -0.507 e. The first kappa shape index (κ1) is 23.9. The number of pyridine rings is 1. The van der Waals surface area contributed by atoms with Gasteiger partial charge in [0.25, 0.3) is 11.7 Å². The Kier molecular flexibility index (Phi) is 6.17.